The molecule has 0 saturated carbocycles. The molecule has 0 radical (unpaired) electrons. The van der Waals surface area contributed by atoms with Gasteiger partial charge in [0.25, 0.3) is 0 Å². The zero-order valence-corrected chi connectivity index (χ0v) is 20.8. The standard InChI is InChI=1S/C25H27ClF2N8O/c26-20-3-1-2-19(10-20)12-35-14-22(31-32-35)13-33-6-8-34(9-7-33)15-25(37,16-36-18-29-17-30-36)23-5-4-21(27)11-24(23)28/h1-5,10-11,14,17-18,37H,6-9,12-13,15-16H2. The molecule has 12 heteroatoms. The topological polar surface area (TPSA) is 88.1 Å². The van der Waals surface area contributed by atoms with E-state index in [1.165, 1.54) is 23.4 Å². The monoisotopic (exact) mass is 528 g/mol. The molecule has 2 aromatic heterocycles. The van der Waals surface area contributed by atoms with Crippen LogP contribution in [0.3, 0.4) is 0 Å². The molecule has 1 N–H and O–H groups in total. The molecule has 37 heavy (non-hydrogen) atoms. The first-order valence-corrected chi connectivity index (χ1v) is 12.3. The Balaban J connectivity index is 1.20. The largest absolute Gasteiger partial charge is 0.382 e. The summed E-state index contributed by atoms with van der Waals surface area (Å²) in [6.07, 6.45) is 4.75. The van der Waals surface area contributed by atoms with Crippen molar-refractivity contribution in [2.45, 2.75) is 25.2 Å². The molecule has 4 aromatic rings. The van der Waals surface area contributed by atoms with Gasteiger partial charge >= 0.3 is 0 Å². The van der Waals surface area contributed by atoms with Gasteiger partial charge in [0.15, 0.2) is 0 Å². The number of piperazine rings is 1. The minimum Gasteiger partial charge on any atom is -0.382 e. The molecule has 9 nitrogen and oxygen atoms in total. The van der Waals surface area contributed by atoms with Gasteiger partial charge in [-0.2, -0.15) is 5.10 Å². The van der Waals surface area contributed by atoms with Crippen LogP contribution in [0.25, 0.3) is 0 Å². The van der Waals surface area contributed by atoms with Gasteiger partial charge in [-0.1, -0.05) is 35.0 Å². The Labute approximate surface area is 217 Å². The number of nitrogens with zero attached hydrogens (tertiary/aromatic N) is 8. The van der Waals surface area contributed by atoms with Crippen LogP contribution < -0.4 is 0 Å². The fourth-order valence-corrected chi connectivity index (χ4v) is 4.90. The molecule has 0 aliphatic carbocycles. The van der Waals surface area contributed by atoms with E-state index in [9.17, 15) is 13.9 Å². The van der Waals surface area contributed by atoms with E-state index < -0.39 is 17.2 Å². The Morgan fingerprint density at radius 1 is 0.946 bits per heavy atom. The number of aromatic nitrogens is 6. The van der Waals surface area contributed by atoms with Gasteiger partial charge in [0, 0.05) is 55.9 Å². The van der Waals surface area contributed by atoms with Gasteiger partial charge in [-0.15, -0.1) is 5.10 Å². The van der Waals surface area contributed by atoms with Crippen molar-refractivity contribution in [2.75, 3.05) is 32.7 Å². The number of β-amino-alcohol motifs (C(OH)–C–C–N with tert-alkyl or cyclic N) is 1. The van der Waals surface area contributed by atoms with Gasteiger partial charge in [0.2, 0.25) is 0 Å². The van der Waals surface area contributed by atoms with Crippen molar-refractivity contribution < 1.29 is 13.9 Å². The lowest BCUT2D eigenvalue weighted by Crippen LogP contribution is -2.52. The first kappa shape index (κ1) is 25.4. The average Bonchev–Trinajstić information content (AvgIpc) is 3.52. The summed E-state index contributed by atoms with van der Waals surface area (Å²) < 4.78 is 31.5. The highest BCUT2D eigenvalue weighted by molar-refractivity contribution is 6.30. The van der Waals surface area contributed by atoms with Crippen molar-refractivity contribution in [3.8, 4) is 0 Å². The van der Waals surface area contributed by atoms with E-state index in [1.807, 2.05) is 30.5 Å². The lowest BCUT2D eigenvalue weighted by atomic mass is 9.92. The van der Waals surface area contributed by atoms with E-state index in [0.29, 0.717) is 31.2 Å². The maximum absolute atomic E-state index is 14.7. The highest BCUT2D eigenvalue weighted by Crippen LogP contribution is 2.28. The molecule has 194 valence electrons. The Morgan fingerprint density at radius 3 is 2.49 bits per heavy atom. The Kier molecular flexibility index (Phi) is 7.56. The van der Waals surface area contributed by atoms with E-state index in [1.54, 1.807) is 4.68 Å². The molecule has 5 rings (SSSR count). The van der Waals surface area contributed by atoms with Gasteiger partial charge in [-0.3, -0.25) is 9.80 Å². The molecular weight excluding hydrogens is 502 g/mol. The first-order chi connectivity index (χ1) is 17.9. The van der Waals surface area contributed by atoms with Crippen LogP contribution in [0, 0.1) is 11.6 Å². The lowest BCUT2D eigenvalue weighted by Gasteiger charge is -2.39. The summed E-state index contributed by atoms with van der Waals surface area (Å²) in [5.41, 5.74) is 0.333. The predicted octanol–water partition coefficient (Wildman–Crippen LogP) is 2.56. The zero-order chi connectivity index (χ0) is 25.8. The van der Waals surface area contributed by atoms with Gasteiger partial charge in [0.05, 0.1) is 25.0 Å². The third-order valence-corrected chi connectivity index (χ3v) is 6.71. The normalized spacial score (nSPS) is 16.6. The third-order valence-electron chi connectivity index (χ3n) is 6.48. The van der Waals surface area contributed by atoms with Crippen molar-refractivity contribution in [1.82, 2.24) is 39.6 Å². The molecule has 2 aromatic carbocycles. The second-order valence-corrected chi connectivity index (χ2v) is 9.77. The van der Waals surface area contributed by atoms with E-state index in [0.717, 1.165) is 36.5 Å². The summed E-state index contributed by atoms with van der Waals surface area (Å²) in [4.78, 5) is 8.25. The van der Waals surface area contributed by atoms with Gasteiger partial charge in [-0.25, -0.2) is 23.1 Å². The van der Waals surface area contributed by atoms with Crippen molar-refractivity contribution >= 4 is 11.6 Å². The highest BCUT2D eigenvalue weighted by Gasteiger charge is 2.36. The first-order valence-electron chi connectivity index (χ1n) is 11.9. The van der Waals surface area contributed by atoms with Crippen LogP contribution >= 0.6 is 11.6 Å². The summed E-state index contributed by atoms with van der Waals surface area (Å²) in [6.45, 7) is 4.21. The van der Waals surface area contributed by atoms with Crippen molar-refractivity contribution in [2.24, 2.45) is 0 Å². The van der Waals surface area contributed by atoms with E-state index in [4.69, 9.17) is 11.6 Å². The summed E-state index contributed by atoms with van der Waals surface area (Å²) in [6, 6.07) is 10.9. The van der Waals surface area contributed by atoms with Crippen molar-refractivity contribution in [1.29, 1.82) is 0 Å². The minimum absolute atomic E-state index is 0.00843. The second-order valence-electron chi connectivity index (χ2n) is 9.34. The maximum Gasteiger partial charge on any atom is 0.137 e. The average molecular weight is 529 g/mol. The molecule has 0 amide bonds. The minimum atomic E-state index is -1.61. The number of halogens is 3. The van der Waals surface area contributed by atoms with Crippen molar-refractivity contribution in [3.05, 3.63) is 94.8 Å². The van der Waals surface area contributed by atoms with E-state index in [-0.39, 0.29) is 18.7 Å². The molecule has 1 fully saturated rings. The van der Waals surface area contributed by atoms with Crippen LogP contribution in [0.15, 0.2) is 61.3 Å². The predicted molar refractivity (Wildman–Crippen MR) is 133 cm³/mol. The molecule has 1 aliphatic heterocycles. The highest BCUT2D eigenvalue weighted by atomic mass is 35.5. The Morgan fingerprint density at radius 2 is 1.76 bits per heavy atom. The lowest BCUT2D eigenvalue weighted by molar-refractivity contribution is -0.0324. The quantitative estimate of drug-likeness (QED) is 0.357. The van der Waals surface area contributed by atoms with E-state index >= 15 is 0 Å². The fraction of sp³-hybridized carbons (Fsp3) is 0.360. The molecule has 1 unspecified atom stereocenters. The SMILES string of the molecule is OC(CN1CCN(Cc2cn(Cc3cccc(Cl)c3)nn2)CC1)(Cn1cncn1)c1ccc(F)cc1F. The molecule has 0 spiro atoms. The molecule has 1 atom stereocenters. The van der Waals surface area contributed by atoms with Crippen LogP contribution in [0.2, 0.25) is 5.02 Å². The summed E-state index contributed by atoms with van der Waals surface area (Å²) in [7, 11) is 0. The molecule has 3 heterocycles. The van der Waals surface area contributed by atoms with E-state index in [2.05, 4.69) is 30.2 Å². The van der Waals surface area contributed by atoms with Crippen LogP contribution in [-0.4, -0.2) is 77.4 Å². The number of rotatable bonds is 9. The third kappa shape index (κ3) is 6.37. The summed E-state index contributed by atoms with van der Waals surface area (Å²) in [5.74, 6) is -1.48. The van der Waals surface area contributed by atoms with Crippen LogP contribution in [-0.2, 0) is 25.2 Å². The molecule has 1 aliphatic rings. The smallest absolute Gasteiger partial charge is 0.137 e. The van der Waals surface area contributed by atoms with Crippen LogP contribution in [0.1, 0.15) is 16.8 Å². The number of benzene rings is 2. The van der Waals surface area contributed by atoms with Gasteiger partial charge in [0.1, 0.15) is 29.9 Å². The Bertz CT molecular complexity index is 1330. The summed E-state index contributed by atoms with van der Waals surface area (Å²) in [5, 5.41) is 24.9. The number of hydrogen-bond acceptors (Lipinski definition) is 7. The van der Waals surface area contributed by atoms with Crippen LogP contribution in [0.5, 0.6) is 0 Å². The maximum atomic E-state index is 14.7. The zero-order valence-electron chi connectivity index (χ0n) is 20.1. The molecule has 0 bridgehead atoms. The molecular formula is C25H27ClF2N8O. The number of hydrogen-bond donors (Lipinski definition) is 1. The Hall–Kier alpha value is -3.25. The number of aliphatic hydroxyl groups is 1. The molecule has 1 saturated heterocycles. The second kappa shape index (κ2) is 11.0. The fourth-order valence-electron chi connectivity index (χ4n) is 4.68. The van der Waals surface area contributed by atoms with Crippen LogP contribution in [0.4, 0.5) is 8.78 Å². The van der Waals surface area contributed by atoms with Crippen molar-refractivity contribution in [3.63, 3.8) is 0 Å². The van der Waals surface area contributed by atoms with Gasteiger partial charge < -0.3 is 5.11 Å². The van der Waals surface area contributed by atoms with Gasteiger partial charge in [-0.05, 0) is 23.8 Å². The summed E-state index contributed by atoms with van der Waals surface area (Å²) >= 11 is 6.07.